The molecular formula is C23H39NO2. The second-order valence-corrected chi connectivity index (χ2v) is 9.73. The lowest BCUT2D eigenvalue weighted by Crippen LogP contribution is -2.38. The normalized spacial score (nSPS) is 47.0. The molecule has 0 aromatic heterocycles. The number of aliphatic hydroxyl groups is 1. The van der Waals surface area contributed by atoms with E-state index in [0.717, 1.165) is 24.2 Å². The number of methoxy groups -OCH3 is 1. The van der Waals surface area contributed by atoms with Crippen LogP contribution in [-0.4, -0.2) is 30.6 Å². The molecule has 0 amide bonds. The first kappa shape index (κ1) is 19.0. The lowest BCUT2D eigenvalue weighted by molar-refractivity contribution is -0.0320. The highest BCUT2D eigenvalue weighted by molar-refractivity contribution is 5.08. The zero-order chi connectivity index (χ0) is 18.1. The van der Waals surface area contributed by atoms with Crippen LogP contribution >= 0.6 is 0 Å². The van der Waals surface area contributed by atoms with Crippen LogP contribution in [-0.2, 0) is 4.74 Å². The third-order valence-electron chi connectivity index (χ3n) is 8.29. The van der Waals surface area contributed by atoms with Crippen molar-refractivity contribution in [1.82, 2.24) is 5.32 Å². The van der Waals surface area contributed by atoms with E-state index in [2.05, 4.69) is 24.4 Å². The van der Waals surface area contributed by atoms with E-state index in [1.165, 1.54) is 57.8 Å². The second kappa shape index (κ2) is 8.32. The maximum atomic E-state index is 10.7. The quantitative estimate of drug-likeness (QED) is 0.724. The molecule has 3 fully saturated rings. The van der Waals surface area contributed by atoms with Gasteiger partial charge in [-0.1, -0.05) is 51.2 Å². The van der Waals surface area contributed by atoms with Crippen molar-refractivity contribution in [2.24, 2.45) is 35.5 Å². The van der Waals surface area contributed by atoms with Crippen LogP contribution in [0.3, 0.4) is 0 Å². The van der Waals surface area contributed by atoms with Gasteiger partial charge in [0.15, 0.2) is 0 Å². The predicted octanol–water partition coefficient (Wildman–Crippen LogP) is 4.51. The molecule has 3 nitrogen and oxygen atoms in total. The topological polar surface area (TPSA) is 41.5 Å². The van der Waals surface area contributed by atoms with Crippen LogP contribution in [0.5, 0.6) is 0 Å². The molecule has 26 heavy (non-hydrogen) atoms. The van der Waals surface area contributed by atoms with Crippen LogP contribution in [0.4, 0.5) is 0 Å². The minimum atomic E-state index is -0.305. The molecule has 3 aliphatic carbocycles. The van der Waals surface area contributed by atoms with E-state index in [1.54, 1.807) is 0 Å². The summed E-state index contributed by atoms with van der Waals surface area (Å²) in [5.41, 5.74) is 0. The van der Waals surface area contributed by atoms with Gasteiger partial charge in [-0.05, 0) is 61.7 Å². The molecule has 0 aromatic rings. The van der Waals surface area contributed by atoms with Crippen LogP contribution < -0.4 is 5.32 Å². The lowest BCUT2D eigenvalue weighted by atomic mass is 9.65. The minimum absolute atomic E-state index is 0.305. The van der Waals surface area contributed by atoms with Gasteiger partial charge in [0.2, 0.25) is 0 Å². The molecule has 2 saturated carbocycles. The van der Waals surface area contributed by atoms with E-state index in [1.807, 2.05) is 7.11 Å². The number of aliphatic hydroxyl groups excluding tert-OH is 1. The van der Waals surface area contributed by atoms with Crippen molar-refractivity contribution < 1.29 is 9.84 Å². The van der Waals surface area contributed by atoms with Crippen molar-refractivity contribution in [2.75, 3.05) is 7.11 Å². The highest BCUT2D eigenvalue weighted by atomic mass is 16.5. The van der Waals surface area contributed by atoms with Crippen molar-refractivity contribution in [2.45, 2.75) is 89.5 Å². The maximum absolute atomic E-state index is 10.7. The van der Waals surface area contributed by atoms with Crippen molar-refractivity contribution >= 4 is 0 Å². The summed E-state index contributed by atoms with van der Waals surface area (Å²) >= 11 is 0. The van der Waals surface area contributed by atoms with Crippen LogP contribution in [0, 0.1) is 35.5 Å². The third kappa shape index (κ3) is 3.77. The number of hydrogen-bond donors (Lipinski definition) is 2. The van der Waals surface area contributed by atoms with Crippen molar-refractivity contribution in [3.63, 3.8) is 0 Å². The van der Waals surface area contributed by atoms with E-state index < -0.39 is 0 Å². The Morgan fingerprint density at radius 1 is 1.12 bits per heavy atom. The second-order valence-electron chi connectivity index (χ2n) is 9.73. The number of hydrogen-bond acceptors (Lipinski definition) is 3. The molecule has 1 heterocycles. The molecule has 2 N–H and O–H groups in total. The highest BCUT2D eigenvalue weighted by Gasteiger charge is 2.46. The summed E-state index contributed by atoms with van der Waals surface area (Å²) < 4.78 is 5.93. The zero-order valence-electron chi connectivity index (χ0n) is 16.8. The van der Waals surface area contributed by atoms with Gasteiger partial charge < -0.3 is 9.84 Å². The molecular weight excluding hydrogens is 322 g/mol. The van der Waals surface area contributed by atoms with Gasteiger partial charge in [0.1, 0.15) is 6.23 Å². The molecule has 0 spiro atoms. The first-order valence-electron chi connectivity index (χ1n) is 11.3. The van der Waals surface area contributed by atoms with Crippen molar-refractivity contribution in [1.29, 1.82) is 0 Å². The number of fused-ring (bicyclic) bond motifs is 1. The minimum Gasteiger partial charge on any atom is -0.381 e. The fraction of sp³-hybridized carbons (Fsp3) is 0.913. The van der Waals surface area contributed by atoms with Crippen LogP contribution in [0.2, 0.25) is 0 Å². The molecule has 8 atom stereocenters. The van der Waals surface area contributed by atoms with Crippen molar-refractivity contribution in [3.05, 3.63) is 12.2 Å². The molecule has 8 unspecified atom stereocenters. The fourth-order valence-electron chi connectivity index (χ4n) is 7.02. The summed E-state index contributed by atoms with van der Waals surface area (Å²) in [4.78, 5) is 0. The van der Waals surface area contributed by atoms with E-state index >= 15 is 0 Å². The van der Waals surface area contributed by atoms with E-state index in [0.29, 0.717) is 29.9 Å². The summed E-state index contributed by atoms with van der Waals surface area (Å²) in [6.07, 6.45) is 18.1. The standard InChI is InChI=1S/C23H39NO2/c1-15-7-6-10-20-22(15)19(23(25)24-20)14-16-11-12-21(26-2)18(13-16)17-8-4-3-5-9-17/h6-7,15-25H,3-5,8-14H2,1-2H3. The molecule has 0 radical (unpaired) electrons. The Kier molecular flexibility index (Phi) is 6.07. The number of rotatable bonds is 4. The van der Waals surface area contributed by atoms with Crippen LogP contribution in [0.25, 0.3) is 0 Å². The number of ether oxygens (including phenoxy) is 1. The molecule has 148 valence electrons. The first-order chi connectivity index (χ1) is 12.7. The van der Waals surface area contributed by atoms with Gasteiger partial charge in [0.05, 0.1) is 6.10 Å². The SMILES string of the molecule is COC1CCC(CC2C(O)NC3CC=CC(C)C32)CC1C1CCCCC1. The Labute approximate surface area is 160 Å². The van der Waals surface area contributed by atoms with E-state index in [-0.39, 0.29) is 6.23 Å². The molecule has 1 aliphatic heterocycles. The Morgan fingerprint density at radius 3 is 2.69 bits per heavy atom. The largest absolute Gasteiger partial charge is 0.381 e. The Balaban J connectivity index is 1.42. The van der Waals surface area contributed by atoms with Gasteiger partial charge in [-0.3, -0.25) is 5.32 Å². The van der Waals surface area contributed by atoms with Gasteiger partial charge in [0, 0.05) is 19.1 Å². The highest BCUT2D eigenvalue weighted by Crippen LogP contribution is 2.46. The molecule has 0 aromatic carbocycles. The average Bonchev–Trinajstić information content (AvgIpc) is 2.99. The van der Waals surface area contributed by atoms with E-state index in [4.69, 9.17) is 4.74 Å². The molecule has 1 saturated heterocycles. The Morgan fingerprint density at radius 2 is 1.92 bits per heavy atom. The van der Waals surface area contributed by atoms with Gasteiger partial charge in [0.25, 0.3) is 0 Å². The van der Waals surface area contributed by atoms with Crippen LogP contribution in [0.15, 0.2) is 12.2 Å². The summed E-state index contributed by atoms with van der Waals surface area (Å²) in [5.74, 6) is 4.04. The first-order valence-corrected chi connectivity index (χ1v) is 11.3. The van der Waals surface area contributed by atoms with Gasteiger partial charge in [-0.2, -0.15) is 0 Å². The fourth-order valence-corrected chi connectivity index (χ4v) is 7.02. The van der Waals surface area contributed by atoms with Gasteiger partial charge in [-0.25, -0.2) is 0 Å². The summed E-state index contributed by atoms with van der Waals surface area (Å²) in [5, 5.41) is 14.2. The summed E-state index contributed by atoms with van der Waals surface area (Å²) in [7, 11) is 1.92. The van der Waals surface area contributed by atoms with Crippen molar-refractivity contribution in [3.8, 4) is 0 Å². The average molecular weight is 362 g/mol. The third-order valence-corrected chi connectivity index (χ3v) is 8.29. The Hall–Kier alpha value is -0.380. The Bertz CT molecular complexity index is 487. The summed E-state index contributed by atoms with van der Waals surface area (Å²) in [6.45, 7) is 2.34. The lowest BCUT2D eigenvalue weighted by Gasteiger charge is -2.42. The number of allylic oxidation sites excluding steroid dienone is 1. The molecule has 3 heteroatoms. The van der Waals surface area contributed by atoms with E-state index in [9.17, 15) is 5.11 Å². The molecule has 4 rings (SSSR count). The van der Waals surface area contributed by atoms with Crippen LogP contribution in [0.1, 0.15) is 71.1 Å². The predicted molar refractivity (Wildman–Crippen MR) is 106 cm³/mol. The smallest absolute Gasteiger partial charge is 0.108 e. The molecule has 0 bridgehead atoms. The molecule has 4 aliphatic rings. The maximum Gasteiger partial charge on any atom is 0.108 e. The zero-order valence-corrected chi connectivity index (χ0v) is 16.8. The number of nitrogens with one attached hydrogen (secondary N) is 1. The van der Waals surface area contributed by atoms with Gasteiger partial charge >= 0.3 is 0 Å². The monoisotopic (exact) mass is 361 g/mol. The van der Waals surface area contributed by atoms with Gasteiger partial charge in [-0.15, -0.1) is 0 Å². The summed E-state index contributed by atoms with van der Waals surface area (Å²) in [6, 6.07) is 0.486.